The molecule has 0 aromatic heterocycles. The summed E-state index contributed by atoms with van der Waals surface area (Å²) in [6.07, 6.45) is 1.57. The van der Waals surface area contributed by atoms with Crippen LogP contribution in [0.2, 0.25) is 0 Å². The van der Waals surface area contributed by atoms with Gasteiger partial charge in [0.25, 0.3) is 0 Å². The van der Waals surface area contributed by atoms with Gasteiger partial charge < -0.3 is 25.8 Å². The highest BCUT2D eigenvalue weighted by Gasteiger charge is 2.23. The van der Waals surface area contributed by atoms with E-state index < -0.39 is 24.0 Å². The van der Waals surface area contributed by atoms with Crippen molar-refractivity contribution >= 4 is 18.0 Å². The monoisotopic (exact) mass is 287 g/mol. The number of amides is 2. The number of hydrogen-bond donors (Lipinski definition) is 4. The number of aliphatic carboxylic acids is 1. The lowest BCUT2D eigenvalue weighted by Gasteiger charge is -2.24. The maximum absolute atomic E-state index is 11.7. The summed E-state index contributed by atoms with van der Waals surface area (Å²) in [4.78, 5) is 33.7. The highest BCUT2D eigenvalue weighted by molar-refractivity contribution is 5.83. The molecule has 0 bridgehead atoms. The minimum atomic E-state index is -1.17. The summed E-state index contributed by atoms with van der Waals surface area (Å²) in [5.74, 6) is -1.67. The number of methoxy groups -OCH3 is 1. The van der Waals surface area contributed by atoms with E-state index in [0.29, 0.717) is 0 Å². The third kappa shape index (κ3) is 5.87. The first-order chi connectivity index (χ1) is 9.52. The number of piperidine rings is 1. The van der Waals surface area contributed by atoms with Crippen LogP contribution in [-0.4, -0.2) is 55.4 Å². The van der Waals surface area contributed by atoms with Gasteiger partial charge in [0.1, 0.15) is 6.04 Å². The zero-order valence-electron chi connectivity index (χ0n) is 11.5. The Kier molecular flexibility index (Phi) is 6.78. The second-order valence-electron chi connectivity index (χ2n) is 4.65. The maximum Gasteiger partial charge on any atom is 0.326 e. The van der Waals surface area contributed by atoms with Gasteiger partial charge in [-0.25, -0.2) is 9.59 Å². The van der Waals surface area contributed by atoms with E-state index in [9.17, 15) is 14.4 Å². The molecule has 1 aliphatic rings. The molecule has 0 aliphatic carbocycles. The Balaban J connectivity index is 2.37. The van der Waals surface area contributed by atoms with Gasteiger partial charge in [0.05, 0.1) is 7.11 Å². The SMILES string of the molecule is COC(=O)CC[C@@H](NC(=O)NC1CCNCC1)C(=O)O. The maximum atomic E-state index is 11.7. The van der Waals surface area contributed by atoms with Gasteiger partial charge in [0.2, 0.25) is 0 Å². The number of hydrogen-bond acceptors (Lipinski definition) is 5. The van der Waals surface area contributed by atoms with Gasteiger partial charge in [-0.2, -0.15) is 0 Å². The van der Waals surface area contributed by atoms with E-state index in [1.165, 1.54) is 7.11 Å². The van der Waals surface area contributed by atoms with Crippen LogP contribution in [0.15, 0.2) is 0 Å². The standard InChI is InChI=1S/C12H21N3O5/c1-20-10(16)3-2-9(11(17)18)15-12(19)14-8-4-6-13-7-5-8/h8-9,13H,2-7H2,1H3,(H,17,18)(H2,14,15,19)/t9-/m1/s1. The van der Waals surface area contributed by atoms with Crippen molar-refractivity contribution in [1.29, 1.82) is 0 Å². The minimum Gasteiger partial charge on any atom is -0.480 e. The molecule has 0 aromatic rings. The zero-order valence-corrected chi connectivity index (χ0v) is 11.5. The summed E-state index contributed by atoms with van der Waals surface area (Å²) >= 11 is 0. The summed E-state index contributed by atoms with van der Waals surface area (Å²) in [5, 5.41) is 17.3. The average molecular weight is 287 g/mol. The lowest BCUT2D eigenvalue weighted by molar-refractivity contribution is -0.142. The molecule has 0 saturated carbocycles. The lowest BCUT2D eigenvalue weighted by atomic mass is 10.1. The van der Waals surface area contributed by atoms with E-state index in [1.807, 2.05) is 0 Å². The summed E-state index contributed by atoms with van der Waals surface area (Å²) in [6, 6.07) is -1.57. The summed E-state index contributed by atoms with van der Waals surface area (Å²) in [5.41, 5.74) is 0. The van der Waals surface area contributed by atoms with Crippen LogP contribution in [0.1, 0.15) is 25.7 Å². The molecule has 0 radical (unpaired) electrons. The van der Waals surface area contributed by atoms with Crippen molar-refractivity contribution in [3.05, 3.63) is 0 Å². The van der Waals surface area contributed by atoms with Gasteiger partial charge in [0.15, 0.2) is 0 Å². The van der Waals surface area contributed by atoms with E-state index in [0.717, 1.165) is 25.9 Å². The molecule has 0 unspecified atom stereocenters. The second-order valence-corrected chi connectivity index (χ2v) is 4.65. The molecular weight excluding hydrogens is 266 g/mol. The van der Waals surface area contributed by atoms with E-state index in [4.69, 9.17) is 5.11 Å². The molecule has 1 rings (SSSR count). The van der Waals surface area contributed by atoms with Crippen LogP contribution < -0.4 is 16.0 Å². The van der Waals surface area contributed by atoms with Crippen molar-refractivity contribution in [3.63, 3.8) is 0 Å². The Labute approximate surface area is 117 Å². The van der Waals surface area contributed by atoms with E-state index in [1.54, 1.807) is 0 Å². The summed E-state index contributed by atoms with van der Waals surface area (Å²) in [7, 11) is 1.23. The van der Waals surface area contributed by atoms with Crippen LogP contribution in [-0.2, 0) is 14.3 Å². The van der Waals surface area contributed by atoms with E-state index >= 15 is 0 Å². The molecular formula is C12H21N3O5. The Bertz CT molecular complexity index is 355. The smallest absolute Gasteiger partial charge is 0.326 e. The molecule has 1 heterocycles. The van der Waals surface area contributed by atoms with E-state index in [-0.39, 0.29) is 18.9 Å². The summed E-state index contributed by atoms with van der Waals surface area (Å²) in [6.45, 7) is 1.66. The number of rotatable bonds is 6. The van der Waals surface area contributed by atoms with Gasteiger partial charge >= 0.3 is 18.0 Å². The average Bonchev–Trinajstić information content (AvgIpc) is 2.43. The third-order valence-corrected chi connectivity index (χ3v) is 3.14. The van der Waals surface area contributed by atoms with E-state index in [2.05, 4.69) is 20.7 Å². The lowest BCUT2D eigenvalue weighted by Crippen LogP contribution is -2.51. The van der Waals surface area contributed by atoms with Gasteiger partial charge in [-0.15, -0.1) is 0 Å². The number of urea groups is 1. The molecule has 8 heteroatoms. The number of carboxylic acids is 1. The fourth-order valence-electron chi connectivity index (χ4n) is 1.97. The summed E-state index contributed by atoms with van der Waals surface area (Å²) < 4.78 is 4.44. The molecule has 0 aromatic carbocycles. The second kappa shape index (κ2) is 8.36. The molecule has 114 valence electrons. The van der Waals surface area contributed by atoms with Gasteiger partial charge in [0, 0.05) is 12.5 Å². The number of esters is 1. The number of nitrogens with one attached hydrogen (secondary N) is 3. The van der Waals surface area contributed by atoms with Crippen molar-refractivity contribution in [1.82, 2.24) is 16.0 Å². The topological polar surface area (TPSA) is 117 Å². The van der Waals surface area contributed by atoms with Crippen LogP contribution in [0.5, 0.6) is 0 Å². The zero-order chi connectivity index (χ0) is 15.0. The quantitative estimate of drug-likeness (QED) is 0.487. The van der Waals surface area contributed by atoms with Crippen LogP contribution in [0, 0.1) is 0 Å². The van der Waals surface area contributed by atoms with Crippen molar-refractivity contribution in [3.8, 4) is 0 Å². The molecule has 20 heavy (non-hydrogen) atoms. The Hall–Kier alpha value is -1.83. The Morgan fingerprint density at radius 1 is 1.35 bits per heavy atom. The van der Waals surface area contributed by atoms with Gasteiger partial charge in [-0.1, -0.05) is 0 Å². The van der Waals surface area contributed by atoms with Crippen LogP contribution in [0.3, 0.4) is 0 Å². The van der Waals surface area contributed by atoms with Gasteiger partial charge in [-0.3, -0.25) is 4.79 Å². The molecule has 4 N–H and O–H groups in total. The Morgan fingerprint density at radius 2 is 2.00 bits per heavy atom. The molecule has 0 spiro atoms. The predicted molar refractivity (Wildman–Crippen MR) is 70.2 cm³/mol. The molecule has 1 atom stereocenters. The highest BCUT2D eigenvalue weighted by Crippen LogP contribution is 2.03. The fraction of sp³-hybridized carbons (Fsp3) is 0.750. The Morgan fingerprint density at radius 3 is 2.55 bits per heavy atom. The van der Waals surface area contributed by atoms with Crippen LogP contribution in [0.4, 0.5) is 4.79 Å². The normalized spacial score (nSPS) is 17.1. The first kappa shape index (κ1) is 16.2. The molecule has 1 aliphatic heterocycles. The predicted octanol–water partition coefficient (Wildman–Crippen LogP) is -0.556. The van der Waals surface area contributed by atoms with Crippen molar-refractivity contribution in [2.45, 2.75) is 37.8 Å². The van der Waals surface area contributed by atoms with Crippen molar-refractivity contribution in [2.24, 2.45) is 0 Å². The van der Waals surface area contributed by atoms with Gasteiger partial charge in [-0.05, 0) is 32.4 Å². The molecule has 1 fully saturated rings. The number of carboxylic acid groups (broad SMARTS) is 1. The first-order valence-corrected chi connectivity index (χ1v) is 6.60. The first-order valence-electron chi connectivity index (χ1n) is 6.60. The van der Waals surface area contributed by atoms with Crippen molar-refractivity contribution < 1.29 is 24.2 Å². The molecule has 1 saturated heterocycles. The van der Waals surface area contributed by atoms with Crippen molar-refractivity contribution in [2.75, 3.05) is 20.2 Å². The molecule has 2 amide bonds. The van der Waals surface area contributed by atoms with Crippen LogP contribution in [0.25, 0.3) is 0 Å². The third-order valence-electron chi connectivity index (χ3n) is 3.14. The fourth-order valence-corrected chi connectivity index (χ4v) is 1.97. The molecule has 8 nitrogen and oxygen atoms in total. The minimum absolute atomic E-state index is 0.00164. The number of ether oxygens (including phenoxy) is 1. The number of carbonyl (C=O) groups excluding carboxylic acids is 2. The van der Waals surface area contributed by atoms with Crippen LogP contribution >= 0.6 is 0 Å². The number of carbonyl (C=O) groups is 3. The highest BCUT2D eigenvalue weighted by atomic mass is 16.5. The largest absolute Gasteiger partial charge is 0.480 e.